The molecule has 0 radical (unpaired) electrons. The van der Waals surface area contributed by atoms with E-state index in [4.69, 9.17) is 0 Å². The van der Waals surface area contributed by atoms with Crippen molar-refractivity contribution in [2.45, 2.75) is 51.7 Å². The molecule has 0 aromatic heterocycles. The lowest BCUT2D eigenvalue weighted by atomic mass is 10.2. The average molecular weight is 239 g/mol. The van der Waals surface area contributed by atoms with E-state index in [9.17, 15) is 4.79 Å². The molecule has 4 heteroatoms. The summed E-state index contributed by atoms with van der Waals surface area (Å²) >= 11 is 0. The summed E-state index contributed by atoms with van der Waals surface area (Å²) in [5, 5.41) is 3.32. The van der Waals surface area contributed by atoms with Gasteiger partial charge in [0.05, 0.1) is 6.54 Å². The van der Waals surface area contributed by atoms with Crippen LogP contribution in [-0.2, 0) is 4.79 Å². The van der Waals surface area contributed by atoms with Crippen molar-refractivity contribution in [2.24, 2.45) is 0 Å². The van der Waals surface area contributed by atoms with E-state index in [1.165, 1.54) is 12.8 Å². The monoisotopic (exact) mass is 239 g/mol. The number of likely N-dealkylation sites (tertiary alicyclic amines) is 1. The third-order valence-corrected chi connectivity index (χ3v) is 4.27. The van der Waals surface area contributed by atoms with Crippen LogP contribution in [-0.4, -0.2) is 60.0 Å². The lowest BCUT2D eigenvalue weighted by Gasteiger charge is -2.36. The zero-order valence-electron chi connectivity index (χ0n) is 11.3. The van der Waals surface area contributed by atoms with Crippen LogP contribution in [0.3, 0.4) is 0 Å². The highest BCUT2D eigenvalue weighted by atomic mass is 16.2. The van der Waals surface area contributed by atoms with Gasteiger partial charge >= 0.3 is 0 Å². The predicted molar refractivity (Wildman–Crippen MR) is 68.9 cm³/mol. The Kier molecular flexibility index (Phi) is 4.05. The van der Waals surface area contributed by atoms with E-state index in [0.29, 0.717) is 30.6 Å². The second-order valence-electron chi connectivity index (χ2n) is 5.59. The molecule has 2 aliphatic heterocycles. The highest BCUT2D eigenvalue weighted by Gasteiger charge is 2.31. The Morgan fingerprint density at radius 3 is 2.41 bits per heavy atom. The molecule has 0 spiro atoms. The minimum Gasteiger partial charge on any atom is -0.336 e. The molecule has 98 valence electrons. The van der Waals surface area contributed by atoms with E-state index in [2.05, 4.69) is 31.0 Å². The van der Waals surface area contributed by atoms with Crippen molar-refractivity contribution in [3.05, 3.63) is 0 Å². The number of piperazine rings is 1. The first-order chi connectivity index (χ1) is 8.09. The molecule has 17 heavy (non-hydrogen) atoms. The molecule has 1 N–H and O–H groups in total. The Bertz CT molecular complexity index is 272. The van der Waals surface area contributed by atoms with Crippen LogP contribution >= 0.6 is 0 Å². The van der Waals surface area contributed by atoms with Crippen LogP contribution in [0.5, 0.6) is 0 Å². The Balaban J connectivity index is 1.91. The first kappa shape index (κ1) is 12.8. The number of rotatable bonds is 2. The number of nitrogens with zero attached hydrogens (tertiary/aromatic N) is 2. The summed E-state index contributed by atoms with van der Waals surface area (Å²) in [6.45, 7) is 9.91. The summed E-state index contributed by atoms with van der Waals surface area (Å²) in [7, 11) is 0. The van der Waals surface area contributed by atoms with Crippen molar-refractivity contribution in [3.8, 4) is 0 Å². The van der Waals surface area contributed by atoms with Crippen LogP contribution in [0.2, 0.25) is 0 Å². The van der Waals surface area contributed by atoms with Gasteiger partial charge in [0, 0.05) is 37.8 Å². The fourth-order valence-electron chi connectivity index (χ4n) is 3.02. The van der Waals surface area contributed by atoms with Crippen molar-refractivity contribution < 1.29 is 4.79 Å². The van der Waals surface area contributed by atoms with E-state index in [1.807, 2.05) is 4.90 Å². The van der Waals surface area contributed by atoms with Crippen molar-refractivity contribution in [1.82, 2.24) is 15.1 Å². The molecular formula is C13H25N3O. The lowest BCUT2D eigenvalue weighted by molar-refractivity contribution is -0.135. The summed E-state index contributed by atoms with van der Waals surface area (Å²) in [5.74, 6) is 0.305. The maximum absolute atomic E-state index is 12.3. The molecule has 0 aliphatic carbocycles. The van der Waals surface area contributed by atoms with Gasteiger partial charge in [0.15, 0.2) is 0 Å². The van der Waals surface area contributed by atoms with Gasteiger partial charge in [-0.25, -0.2) is 0 Å². The molecule has 0 aromatic rings. The molecule has 2 fully saturated rings. The molecule has 1 amide bonds. The number of hydrogen-bond acceptors (Lipinski definition) is 3. The number of hydrogen-bond donors (Lipinski definition) is 1. The molecule has 0 aromatic carbocycles. The Labute approximate surface area is 104 Å². The van der Waals surface area contributed by atoms with Gasteiger partial charge < -0.3 is 10.2 Å². The smallest absolute Gasteiger partial charge is 0.237 e. The highest BCUT2D eigenvalue weighted by molar-refractivity contribution is 5.78. The zero-order chi connectivity index (χ0) is 12.4. The quantitative estimate of drug-likeness (QED) is 0.770. The van der Waals surface area contributed by atoms with Crippen LogP contribution in [0.1, 0.15) is 33.6 Å². The fourth-order valence-corrected chi connectivity index (χ4v) is 3.02. The van der Waals surface area contributed by atoms with Gasteiger partial charge in [-0.05, 0) is 33.6 Å². The molecule has 0 saturated carbocycles. The number of carbonyl (C=O) groups is 1. The van der Waals surface area contributed by atoms with Gasteiger partial charge in [0.25, 0.3) is 0 Å². The van der Waals surface area contributed by atoms with E-state index in [0.717, 1.165) is 19.6 Å². The van der Waals surface area contributed by atoms with Crippen molar-refractivity contribution in [3.63, 3.8) is 0 Å². The zero-order valence-corrected chi connectivity index (χ0v) is 11.3. The topological polar surface area (TPSA) is 35.6 Å². The average Bonchev–Trinajstić information content (AvgIpc) is 2.61. The summed E-state index contributed by atoms with van der Waals surface area (Å²) < 4.78 is 0. The van der Waals surface area contributed by atoms with Gasteiger partial charge in [0.2, 0.25) is 5.91 Å². The van der Waals surface area contributed by atoms with Crippen LogP contribution in [0.25, 0.3) is 0 Å². The number of amides is 1. The molecule has 4 nitrogen and oxygen atoms in total. The lowest BCUT2D eigenvalue weighted by Crippen LogP contribution is -2.55. The molecule has 2 rings (SSSR count). The summed E-state index contributed by atoms with van der Waals surface area (Å²) in [5.41, 5.74) is 0. The first-order valence-corrected chi connectivity index (χ1v) is 6.85. The minimum absolute atomic E-state index is 0.305. The molecule has 2 unspecified atom stereocenters. The molecule has 2 saturated heterocycles. The van der Waals surface area contributed by atoms with Gasteiger partial charge in [0.1, 0.15) is 0 Å². The summed E-state index contributed by atoms with van der Waals surface area (Å²) in [6, 6.07) is 1.46. The standard InChI is InChI=1S/C13H25N3O/c1-10-4-5-11(2)16(10)9-13(17)15-7-6-14-8-12(15)3/h10-12,14H,4-9H2,1-3H3/t10?,11?,12-/m0/s1. The number of nitrogens with one attached hydrogen (secondary N) is 1. The van der Waals surface area contributed by atoms with E-state index < -0.39 is 0 Å². The van der Waals surface area contributed by atoms with Crippen molar-refractivity contribution in [2.75, 3.05) is 26.2 Å². The number of carbonyl (C=O) groups excluding carboxylic acids is 1. The van der Waals surface area contributed by atoms with Gasteiger partial charge in [-0.15, -0.1) is 0 Å². The third-order valence-electron chi connectivity index (χ3n) is 4.27. The third kappa shape index (κ3) is 2.80. The van der Waals surface area contributed by atoms with Crippen LogP contribution in [0.4, 0.5) is 0 Å². The molecule has 2 heterocycles. The Hall–Kier alpha value is -0.610. The highest BCUT2D eigenvalue weighted by Crippen LogP contribution is 2.23. The summed E-state index contributed by atoms with van der Waals surface area (Å²) in [6.07, 6.45) is 2.46. The first-order valence-electron chi connectivity index (χ1n) is 6.85. The van der Waals surface area contributed by atoms with Gasteiger partial charge in [-0.2, -0.15) is 0 Å². The molecular weight excluding hydrogens is 214 g/mol. The van der Waals surface area contributed by atoms with Crippen molar-refractivity contribution in [1.29, 1.82) is 0 Å². The van der Waals surface area contributed by atoms with Crippen LogP contribution < -0.4 is 5.32 Å². The van der Waals surface area contributed by atoms with Crippen LogP contribution in [0.15, 0.2) is 0 Å². The maximum atomic E-state index is 12.3. The minimum atomic E-state index is 0.305. The van der Waals surface area contributed by atoms with Gasteiger partial charge in [-0.3, -0.25) is 9.69 Å². The van der Waals surface area contributed by atoms with E-state index in [1.54, 1.807) is 0 Å². The van der Waals surface area contributed by atoms with E-state index in [-0.39, 0.29) is 0 Å². The largest absolute Gasteiger partial charge is 0.336 e. The van der Waals surface area contributed by atoms with Gasteiger partial charge in [-0.1, -0.05) is 0 Å². The molecule has 3 atom stereocenters. The Morgan fingerprint density at radius 2 is 1.82 bits per heavy atom. The molecule has 2 aliphatic rings. The van der Waals surface area contributed by atoms with Crippen LogP contribution in [0, 0.1) is 0 Å². The second-order valence-corrected chi connectivity index (χ2v) is 5.59. The SMILES string of the molecule is CC1CCC(C)N1CC(=O)N1CCNC[C@@H]1C. The van der Waals surface area contributed by atoms with E-state index >= 15 is 0 Å². The Morgan fingerprint density at radius 1 is 1.18 bits per heavy atom. The summed E-state index contributed by atoms with van der Waals surface area (Å²) in [4.78, 5) is 16.7. The fraction of sp³-hybridized carbons (Fsp3) is 0.923. The second kappa shape index (κ2) is 5.36. The van der Waals surface area contributed by atoms with Crippen molar-refractivity contribution >= 4 is 5.91 Å². The normalized spacial score (nSPS) is 35.2. The predicted octanol–water partition coefficient (Wildman–Crippen LogP) is 0.680. The molecule has 0 bridgehead atoms. The maximum Gasteiger partial charge on any atom is 0.237 e.